The Morgan fingerprint density at radius 3 is 2.66 bits per heavy atom. The van der Waals surface area contributed by atoms with E-state index >= 15 is 0 Å². The van der Waals surface area contributed by atoms with Crippen LogP contribution in [0.4, 0.5) is 0 Å². The first kappa shape index (κ1) is 20.3. The Labute approximate surface area is 174 Å². The number of hydrogen-bond donors (Lipinski definition) is 2. The highest BCUT2D eigenvalue weighted by Crippen LogP contribution is 2.52. The van der Waals surface area contributed by atoms with Crippen LogP contribution in [0.3, 0.4) is 0 Å². The lowest BCUT2D eigenvalue weighted by molar-refractivity contribution is -0.163. The molecule has 7 nitrogen and oxygen atoms in total. The molecule has 2 N–H and O–H groups in total. The van der Waals surface area contributed by atoms with Gasteiger partial charge in [-0.2, -0.15) is 0 Å². The van der Waals surface area contributed by atoms with Gasteiger partial charge in [-0.25, -0.2) is 4.79 Å². The van der Waals surface area contributed by atoms with Crippen molar-refractivity contribution in [3.63, 3.8) is 0 Å². The number of likely N-dealkylation sites (tertiary alicyclic amines) is 1. The molecule has 2 saturated heterocycles. The van der Waals surface area contributed by atoms with Crippen molar-refractivity contribution in [1.82, 2.24) is 9.80 Å². The number of carboxylic acid groups (broad SMARTS) is 1. The molecular weight excluding hydrogens is 392 g/mol. The lowest BCUT2D eigenvalue weighted by Crippen LogP contribution is -2.63. The summed E-state index contributed by atoms with van der Waals surface area (Å²) in [6, 6.07) is 7.69. The molecule has 4 atom stereocenters. The summed E-state index contributed by atoms with van der Waals surface area (Å²) >= 11 is 1.58. The number of methoxy groups -OCH3 is 1. The summed E-state index contributed by atoms with van der Waals surface area (Å²) in [4.78, 5) is 28.7. The molecule has 3 heterocycles. The number of para-hydroxylation sites is 1. The Kier molecular flexibility index (Phi) is 5.35. The van der Waals surface area contributed by atoms with Gasteiger partial charge in [-0.3, -0.25) is 9.69 Å². The van der Waals surface area contributed by atoms with Crippen LogP contribution in [0.25, 0.3) is 0 Å². The number of ether oxygens (including phenoxy) is 1. The van der Waals surface area contributed by atoms with Gasteiger partial charge in [0.1, 0.15) is 11.4 Å². The first-order valence-electron chi connectivity index (χ1n) is 9.83. The summed E-state index contributed by atoms with van der Waals surface area (Å²) in [5.74, 6) is -1.07. The number of aliphatic carboxylic acids is 1. The van der Waals surface area contributed by atoms with Crippen molar-refractivity contribution < 1.29 is 24.5 Å². The van der Waals surface area contributed by atoms with Crippen molar-refractivity contribution in [1.29, 1.82) is 0 Å². The van der Waals surface area contributed by atoms with Crippen molar-refractivity contribution in [3.8, 4) is 5.75 Å². The summed E-state index contributed by atoms with van der Waals surface area (Å²) < 4.78 is 5.41. The number of β-lactam (4-membered cyclic amide) rings is 1. The molecule has 1 aromatic rings. The van der Waals surface area contributed by atoms with E-state index in [4.69, 9.17) is 4.74 Å². The number of carboxylic acids is 1. The van der Waals surface area contributed by atoms with Gasteiger partial charge >= 0.3 is 5.97 Å². The summed E-state index contributed by atoms with van der Waals surface area (Å²) in [6.07, 6.45) is -0.773. The zero-order chi connectivity index (χ0) is 20.9. The van der Waals surface area contributed by atoms with Crippen LogP contribution in [-0.4, -0.2) is 69.5 Å². The van der Waals surface area contributed by atoms with Crippen molar-refractivity contribution in [2.75, 3.05) is 20.2 Å². The second-order valence-corrected chi connectivity index (χ2v) is 9.36. The first-order chi connectivity index (χ1) is 13.8. The van der Waals surface area contributed by atoms with Crippen molar-refractivity contribution in [2.45, 2.75) is 37.8 Å². The number of benzene rings is 1. The fourth-order valence-corrected chi connectivity index (χ4v) is 6.24. The number of aliphatic hydroxyl groups excluding tert-OH is 1. The average Bonchev–Trinajstić information content (AvgIpc) is 2.89. The maximum atomic E-state index is 12.4. The number of carbonyl (C=O) groups is 2. The molecule has 1 aromatic carbocycles. The number of hydrogen-bond acceptors (Lipinski definition) is 6. The fraction of sp³-hybridized carbons (Fsp3) is 0.524. The predicted octanol–water partition coefficient (Wildman–Crippen LogP) is 1.77. The van der Waals surface area contributed by atoms with Crippen molar-refractivity contribution in [3.05, 3.63) is 40.4 Å². The number of amides is 1. The van der Waals surface area contributed by atoms with E-state index in [0.717, 1.165) is 35.9 Å². The van der Waals surface area contributed by atoms with E-state index in [0.29, 0.717) is 0 Å². The Balaban J connectivity index is 1.42. The number of carbonyl (C=O) groups excluding carboxylic acids is 1. The van der Waals surface area contributed by atoms with Gasteiger partial charge in [0.2, 0.25) is 5.91 Å². The normalized spacial score (nSPS) is 28.1. The van der Waals surface area contributed by atoms with E-state index < -0.39 is 18.0 Å². The van der Waals surface area contributed by atoms with E-state index in [1.165, 1.54) is 4.90 Å². The topological polar surface area (TPSA) is 90.3 Å². The van der Waals surface area contributed by atoms with Crippen LogP contribution in [0.15, 0.2) is 34.9 Å². The Morgan fingerprint density at radius 1 is 1.34 bits per heavy atom. The molecule has 8 heteroatoms. The molecule has 2 fully saturated rings. The highest BCUT2D eigenvalue weighted by atomic mass is 32.2. The van der Waals surface area contributed by atoms with E-state index in [1.807, 2.05) is 25.1 Å². The van der Waals surface area contributed by atoms with Crippen LogP contribution in [0.1, 0.15) is 19.4 Å². The lowest BCUT2D eigenvalue weighted by atomic mass is 9.79. The molecule has 0 saturated carbocycles. The Bertz CT molecular complexity index is 864. The summed E-state index contributed by atoms with van der Waals surface area (Å²) in [5.41, 5.74) is 1.24. The van der Waals surface area contributed by atoms with Crippen LogP contribution in [0.5, 0.6) is 5.75 Å². The van der Waals surface area contributed by atoms with Gasteiger partial charge in [0.05, 0.1) is 25.2 Å². The summed E-state index contributed by atoms with van der Waals surface area (Å²) in [6.45, 7) is 6.05. The van der Waals surface area contributed by atoms with Gasteiger partial charge < -0.3 is 19.8 Å². The number of thioether (sulfide) groups is 1. The molecule has 0 bridgehead atoms. The second-order valence-electron chi connectivity index (χ2n) is 8.02. The van der Waals surface area contributed by atoms with Crippen LogP contribution >= 0.6 is 11.8 Å². The van der Waals surface area contributed by atoms with Gasteiger partial charge in [0, 0.05) is 41.3 Å². The maximum Gasteiger partial charge on any atom is 0.353 e. The highest BCUT2D eigenvalue weighted by Gasteiger charge is 2.60. The van der Waals surface area contributed by atoms with E-state index in [-0.39, 0.29) is 28.8 Å². The monoisotopic (exact) mass is 418 g/mol. The Morgan fingerprint density at radius 2 is 2.03 bits per heavy atom. The van der Waals surface area contributed by atoms with Gasteiger partial charge in [0.25, 0.3) is 0 Å². The predicted molar refractivity (Wildman–Crippen MR) is 109 cm³/mol. The molecule has 156 valence electrons. The molecule has 4 rings (SSSR count). The number of rotatable bonds is 7. The number of aliphatic hydroxyl groups is 1. The standard InChI is InChI=1S/C21H26N2O5S/c1-11-17-16(12(2)24)20(25)23(17)18(21(26)27)19(11)29-14-9-22(10-14)8-13-6-4-5-7-15(13)28-3/h4-7,11-12,14,16-17,24H,8-10H2,1-3H3,(H,26,27)/t11-,12-,16-,17-/m1/s1. The molecule has 29 heavy (non-hydrogen) atoms. The number of nitrogens with zero attached hydrogens (tertiary/aromatic N) is 2. The maximum absolute atomic E-state index is 12.4. The second kappa shape index (κ2) is 7.66. The van der Waals surface area contributed by atoms with Gasteiger partial charge in [0.15, 0.2) is 0 Å². The van der Waals surface area contributed by atoms with Crippen LogP contribution < -0.4 is 4.74 Å². The minimum atomic E-state index is -1.07. The third-order valence-electron chi connectivity index (χ3n) is 6.11. The SMILES string of the molecule is COc1ccccc1CN1CC(SC2=C(C(=O)O)N3C(=O)[C@H]([C@@H](C)O)[C@H]3[C@H]2C)C1. The van der Waals surface area contributed by atoms with Crippen LogP contribution in [-0.2, 0) is 16.1 Å². The Hall–Kier alpha value is -2.03. The van der Waals surface area contributed by atoms with E-state index in [2.05, 4.69) is 11.0 Å². The van der Waals surface area contributed by atoms with E-state index in [1.54, 1.807) is 25.8 Å². The fourth-order valence-electron chi connectivity index (χ4n) is 4.66. The van der Waals surface area contributed by atoms with Gasteiger partial charge in [-0.05, 0) is 13.0 Å². The lowest BCUT2D eigenvalue weighted by Gasteiger charge is -2.46. The molecule has 0 spiro atoms. The zero-order valence-electron chi connectivity index (χ0n) is 16.7. The molecule has 3 aliphatic heterocycles. The highest BCUT2D eigenvalue weighted by molar-refractivity contribution is 8.03. The minimum absolute atomic E-state index is 0.0772. The smallest absolute Gasteiger partial charge is 0.353 e. The third-order valence-corrected chi connectivity index (χ3v) is 7.57. The van der Waals surface area contributed by atoms with E-state index in [9.17, 15) is 19.8 Å². The van der Waals surface area contributed by atoms with Gasteiger partial charge in [-0.15, -0.1) is 11.8 Å². The van der Waals surface area contributed by atoms with Crippen LogP contribution in [0, 0.1) is 11.8 Å². The molecule has 0 aromatic heterocycles. The molecule has 3 aliphatic rings. The summed E-state index contributed by atoms with van der Waals surface area (Å²) in [5, 5.41) is 19.9. The molecule has 0 radical (unpaired) electrons. The largest absolute Gasteiger partial charge is 0.496 e. The molecule has 0 unspecified atom stereocenters. The number of fused-ring (bicyclic) bond motifs is 1. The third kappa shape index (κ3) is 3.33. The minimum Gasteiger partial charge on any atom is -0.496 e. The molecule has 0 aliphatic carbocycles. The molecular formula is C21H26N2O5S. The van der Waals surface area contributed by atoms with Crippen molar-refractivity contribution >= 4 is 23.6 Å². The zero-order valence-corrected chi connectivity index (χ0v) is 17.6. The van der Waals surface area contributed by atoms with Gasteiger partial charge in [-0.1, -0.05) is 25.1 Å². The molecule has 1 amide bonds. The van der Waals surface area contributed by atoms with Crippen molar-refractivity contribution in [2.24, 2.45) is 11.8 Å². The summed E-state index contributed by atoms with van der Waals surface area (Å²) in [7, 11) is 1.67. The quantitative estimate of drug-likeness (QED) is 0.652. The average molecular weight is 419 g/mol. The van der Waals surface area contributed by atoms with Crippen LogP contribution in [0.2, 0.25) is 0 Å². The first-order valence-corrected chi connectivity index (χ1v) is 10.7.